The van der Waals surface area contributed by atoms with Gasteiger partial charge in [-0.1, -0.05) is 43.2 Å². The van der Waals surface area contributed by atoms with Gasteiger partial charge in [-0.05, 0) is 49.3 Å². The average Bonchev–Trinajstić information content (AvgIpc) is 2.19. The van der Waals surface area contributed by atoms with Crippen LogP contribution in [0.3, 0.4) is 0 Å². The fourth-order valence-electron chi connectivity index (χ4n) is 2.37. The lowest BCUT2D eigenvalue weighted by atomic mass is 9.92. The summed E-state index contributed by atoms with van der Waals surface area (Å²) < 4.78 is 0. The monoisotopic (exact) mass is 200 g/mol. The minimum atomic E-state index is 1.27. The van der Waals surface area contributed by atoms with E-state index in [2.05, 4.69) is 37.3 Å². The van der Waals surface area contributed by atoms with E-state index in [1.807, 2.05) is 0 Å². The zero-order valence-corrected chi connectivity index (χ0v) is 9.63. The molecule has 2 rings (SSSR count). The standard InChI is InChI=1S/C15H20/c1-13-9-7-8-12-15(13)14-10-5-3-2-4-6-11-14/h7-10,12H,2-6,11H2,1H3/b14-10+. The Morgan fingerprint density at radius 3 is 2.60 bits per heavy atom. The van der Waals surface area contributed by atoms with Crippen molar-refractivity contribution < 1.29 is 0 Å². The lowest BCUT2D eigenvalue weighted by Gasteiger charge is -2.13. The predicted molar refractivity (Wildman–Crippen MR) is 66.9 cm³/mol. The number of hydrogen-bond acceptors (Lipinski definition) is 0. The van der Waals surface area contributed by atoms with E-state index in [-0.39, 0.29) is 0 Å². The molecule has 0 unspecified atom stereocenters. The number of benzene rings is 1. The molecule has 0 saturated carbocycles. The molecule has 0 radical (unpaired) electrons. The molecule has 0 heterocycles. The van der Waals surface area contributed by atoms with Crippen molar-refractivity contribution in [2.45, 2.75) is 45.4 Å². The topological polar surface area (TPSA) is 0 Å². The highest BCUT2D eigenvalue weighted by Gasteiger charge is 2.06. The van der Waals surface area contributed by atoms with Crippen molar-refractivity contribution in [3.63, 3.8) is 0 Å². The molecular weight excluding hydrogens is 180 g/mol. The van der Waals surface area contributed by atoms with Crippen LogP contribution in [-0.2, 0) is 0 Å². The van der Waals surface area contributed by atoms with E-state index in [0.29, 0.717) is 0 Å². The minimum Gasteiger partial charge on any atom is -0.0807 e. The molecule has 0 nitrogen and oxygen atoms in total. The molecule has 80 valence electrons. The largest absolute Gasteiger partial charge is 0.0807 e. The maximum absolute atomic E-state index is 2.46. The number of allylic oxidation sites excluding steroid dienone is 2. The van der Waals surface area contributed by atoms with Gasteiger partial charge in [-0.15, -0.1) is 0 Å². The normalized spacial score (nSPS) is 21.3. The fourth-order valence-corrected chi connectivity index (χ4v) is 2.37. The van der Waals surface area contributed by atoms with E-state index < -0.39 is 0 Å². The van der Waals surface area contributed by atoms with E-state index in [1.165, 1.54) is 49.7 Å². The quantitative estimate of drug-likeness (QED) is 0.614. The maximum Gasteiger partial charge on any atom is -0.0198 e. The van der Waals surface area contributed by atoms with Crippen molar-refractivity contribution in [3.8, 4) is 0 Å². The molecule has 0 bridgehead atoms. The first-order valence-electron chi connectivity index (χ1n) is 6.13. The first kappa shape index (κ1) is 10.5. The Morgan fingerprint density at radius 2 is 1.73 bits per heavy atom. The van der Waals surface area contributed by atoms with Crippen LogP contribution in [0.15, 0.2) is 30.3 Å². The van der Waals surface area contributed by atoms with Crippen molar-refractivity contribution in [3.05, 3.63) is 41.5 Å². The van der Waals surface area contributed by atoms with Gasteiger partial charge in [0.25, 0.3) is 0 Å². The van der Waals surface area contributed by atoms with Gasteiger partial charge >= 0.3 is 0 Å². The van der Waals surface area contributed by atoms with Crippen LogP contribution in [0.4, 0.5) is 0 Å². The number of rotatable bonds is 1. The van der Waals surface area contributed by atoms with Gasteiger partial charge in [0.2, 0.25) is 0 Å². The van der Waals surface area contributed by atoms with Gasteiger partial charge in [0, 0.05) is 0 Å². The summed E-state index contributed by atoms with van der Waals surface area (Å²) in [6.45, 7) is 2.22. The second-order valence-electron chi connectivity index (χ2n) is 4.50. The van der Waals surface area contributed by atoms with Crippen LogP contribution in [0, 0.1) is 6.92 Å². The molecule has 1 aliphatic carbocycles. The third kappa shape index (κ3) is 2.71. The van der Waals surface area contributed by atoms with E-state index >= 15 is 0 Å². The molecule has 0 amide bonds. The molecule has 0 spiro atoms. The van der Waals surface area contributed by atoms with E-state index in [9.17, 15) is 0 Å². The van der Waals surface area contributed by atoms with Crippen LogP contribution in [0.5, 0.6) is 0 Å². The molecule has 0 heteroatoms. The lowest BCUT2D eigenvalue weighted by molar-refractivity contribution is 0.643. The summed E-state index contributed by atoms with van der Waals surface area (Å²) in [5, 5.41) is 0. The van der Waals surface area contributed by atoms with Gasteiger partial charge in [0.15, 0.2) is 0 Å². The number of hydrogen-bond donors (Lipinski definition) is 0. The van der Waals surface area contributed by atoms with Crippen molar-refractivity contribution >= 4 is 5.57 Å². The molecule has 0 aliphatic heterocycles. The Hall–Kier alpha value is -1.04. The Morgan fingerprint density at radius 1 is 0.933 bits per heavy atom. The summed E-state index contributed by atoms with van der Waals surface area (Å²) in [6, 6.07) is 8.77. The van der Waals surface area contributed by atoms with Gasteiger partial charge < -0.3 is 0 Å². The molecule has 0 fully saturated rings. The van der Waals surface area contributed by atoms with Gasteiger partial charge in [0.05, 0.1) is 0 Å². The molecule has 15 heavy (non-hydrogen) atoms. The Kier molecular flexibility index (Phi) is 3.60. The second-order valence-corrected chi connectivity index (χ2v) is 4.50. The van der Waals surface area contributed by atoms with Crippen molar-refractivity contribution in [1.82, 2.24) is 0 Å². The smallest absolute Gasteiger partial charge is 0.0198 e. The maximum atomic E-state index is 2.46. The Bertz CT molecular complexity index is 347. The molecule has 1 aromatic rings. The van der Waals surface area contributed by atoms with Crippen molar-refractivity contribution in [1.29, 1.82) is 0 Å². The van der Waals surface area contributed by atoms with Gasteiger partial charge in [0.1, 0.15) is 0 Å². The van der Waals surface area contributed by atoms with Crippen LogP contribution < -0.4 is 0 Å². The molecule has 0 atom stereocenters. The highest BCUT2D eigenvalue weighted by molar-refractivity contribution is 5.68. The molecule has 0 saturated heterocycles. The molecule has 1 aliphatic rings. The summed E-state index contributed by atoms with van der Waals surface area (Å²) in [5.74, 6) is 0. The van der Waals surface area contributed by atoms with Crippen LogP contribution in [-0.4, -0.2) is 0 Å². The highest BCUT2D eigenvalue weighted by Crippen LogP contribution is 2.27. The number of aryl methyl sites for hydroxylation is 1. The zero-order chi connectivity index (χ0) is 10.5. The predicted octanol–water partition coefficient (Wildman–Crippen LogP) is 4.73. The van der Waals surface area contributed by atoms with Crippen molar-refractivity contribution in [2.75, 3.05) is 0 Å². The summed E-state index contributed by atoms with van der Waals surface area (Å²) >= 11 is 0. The average molecular weight is 200 g/mol. The summed E-state index contributed by atoms with van der Waals surface area (Å²) in [4.78, 5) is 0. The third-order valence-corrected chi connectivity index (χ3v) is 3.28. The highest BCUT2D eigenvalue weighted by atomic mass is 14.1. The first-order valence-corrected chi connectivity index (χ1v) is 6.13. The Balaban J connectivity index is 2.24. The molecule has 0 N–H and O–H groups in total. The van der Waals surface area contributed by atoms with Crippen LogP contribution in [0.2, 0.25) is 0 Å². The van der Waals surface area contributed by atoms with E-state index in [4.69, 9.17) is 0 Å². The summed E-state index contributed by atoms with van der Waals surface area (Å²) in [6.07, 6.45) is 10.5. The van der Waals surface area contributed by atoms with Crippen LogP contribution >= 0.6 is 0 Å². The van der Waals surface area contributed by atoms with Gasteiger partial charge in [-0.25, -0.2) is 0 Å². The van der Waals surface area contributed by atoms with Gasteiger partial charge in [-0.2, -0.15) is 0 Å². The zero-order valence-electron chi connectivity index (χ0n) is 9.63. The van der Waals surface area contributed by atoms with Gasteiger partial charge in [-0.3, -0.25) is 0 Å². The second kappa shape index (κ2) is 5.16. The molecule has 1 aromatic carbocycles. The van der Waals surface area contributed by atoms with Crippen LogP contribution in [0.1, 0.15) is 49.7 Å². The van der Waals surface area contributed by atoms with E-state index in [1.54, 1.807) is 5.57 Å². The third-order valence-electron chi connectivity index (χ3n) is 3.28. The van der Waals surface area contributed by atoms with Crippen molar-refractivity contribution in [2.24, 2.45) is 0 Å². The SMILES string of the molecule is Cc1ccccc1/C1=C/CCCCCC1. The summed E-state index contributed by atoms with van der Waals surface area (Å²) in [5.41, 5.74) is 4.47. The van der Waals surface area contributed by atoms with E-state index in [0.717, 1.165) is 0 Å². The molecular formula is C15H20. The van der Waals surface area contributed by atoms with Crippen LogP contribution in [0.25, 0.3) is 5.57 Å². The minimum absolute atomic E-state index is 1.27. The Labute approximate surface area is 93.0 Å². The lowest BCUT2D eigenvalue weighted by Crippen LogP contribution is -1.92. The summed E-state index contributed by atoms with van der Waals surface area (Å²) in [7, 11) is 0. The fraction of sp³-hybridized carbons (Fsp3) is 0.467. The first-order chi connectivity index (χ1) is 7.38. The molecule has 0 aromatic heterocycles.